The molecule has 4 fully saturated rings. The predicted molar refractivity (Wildman–Crippen MR) is 113 cm³/mol. The number of halogens is 4. The molecule has 2 N–H and O–H groups in total. The van der Waals surface area contributed by atoms with Crippen molar-refractivity contribution in [3.63, 3.8) is 0 Å². The first-order valence-corrected chi connectivity index (χ1v) is 11.7. The number of alkyl halides is 3. The van der Waals surface area contributed by atoms with E-state index in [4.69, 9.17) is 0 Å². The Morgan fingerprint density at radius 2 is 1.88 bits per heavy atom. The molecule has 34 heavy (non-hydrogen) atoms. The minimum atomic E-state index is -4.51. The molecule has 2 aromatic rings. The van der Waals surface area contributed by atoms with E-state index in [0.717, 1.165) is 55.8 Å². The Labute approximate surface area is 193 Å². The SMILES string of the molecule is O=C(N1CC(NCc2cc(C(F)(F)F)ccc2F)C1)N1CC2(CC(c3n[nH]c(C4CC4)n3)C2)C1. The number of rotatable bonds is 5. The van der Waals surface area contributed by atoms with Gasteiger partial charge in [-0.15, -0.1) is 0 Å². The summed E-state index contributed by atoms with van der Waals surface area (Å²) in [7, 11) is 0. The van der Waals surface area contributed by atoms with Gasteiger partial charge in [0.2, 0.25) is 0 Å². The second-order valence-corrected chi connectivity index (χ2v) is 10.4. The molecule has 2 amide bonds. The van der Waals surface area contributed by atoms with Crippen LogP contribution < -0.4 is 5.32 Å². The van der Waals surface area contributed by atoms with Crippen LogP contribution in [0, 0.1) is 11.2 Å². The number of benzene rings is 1. The third-order valence-electron chi connectivity index (χ3n) is 7.64. The van der Waals surface area contributed by atoms with Gasteiger partial charge in [-0.05, 0) is 43.9 Å². The molecule has 0 atom stereocenters. The third kappa shape index (κ3) is 3.93. The second-order valence-electron chi connectivity index (χ2n) is 10.4. The maximum atomic E-state index is 13.9. The molecule has 1 spiro atoms. The summed E-state index contributed by atoms with van der Waals surface area (Å²) in [5.74, 6) is 2.18. The van der Waals surface area contributed by atoms with Gasteiger partial charge in [-0.2, -0.15) is 18.3 Å². The van der Waals surface area contributed by atoms with E-state index in [-0.39, 0.29) is 29.6 Å². The zero-order valence-electron chi connectivity index (χ0n) is 18.5. The second kappa shape index (κ2) is 7.66. The number of aromatic amines is 1. The van der Waals surface area contributed by atoms with Crippen molar-refractivity contribution in [3.8, 4) is 0 Å². The van der Waals surface area contributed by atoms with E-state index in [1.807, 2.05) is 4.90 Å². The number of carbonyl (C=O) groups is 1. The summed E-state index contributed by atoms with van der Waals surface area (Å²) in [6, 6.07) is 2.35. The maximum absolute atomic E-state index is 13.9. The molecule has 182 valence electrons. The zero-order chi connectivity index (χ0) is 23.7. The fraction of sp³-hybridized carbons (Fsp3) is 0.609. The standard InChI is InChI=1S/C23H26F4N6O/c24-18-4-3-16(23(25,26)27)5-14(18)8-28-17-9-32(10-17)21(34)33-11-22(12-33)6-15(7-22)20-29-19(30-31-20)13-1-2-13/h3-5,13,15,17,28H,1-2,6-12H2,(H,29,30,31). The fourth-order valence-corrected chi connectivity index (χ4v) is 5.44. The molecule has 0 bridgehead atoms. The van der Waals surface area contributed by atoms with Crippen LogP contribution in [0.1, 0.15) is 60.3 Å². The van der Waals surface area contributed by atoms with Gasteiger partial charge < -0.3 is 15.1 Å². The van der Waals surface area contributed by atoms with Gasteiger partial charge in [0.15, 0.2) is 5.82 Å². The number of H-pyrrole nitrogens is 1. The molecule has 2 saturated heterocycles. The van der Waals surface area contributed by atoms with Crippen molar-refractivity contribution in [3.05, 3.63) is 46.8 Å². The van der Waals surface area contributed by atoms with Crippen molar-refractivity contribution < 1.29 is 22.4 Å². The van der Waals surface area contributed by atoms with Crippen molar-refractivity contribution in [1.29, 1.82) is 0 Å². The third-order valence-corrected chi connectivity index (χ3v) is 7.64. The highest BCUT2D eigenvalue weighted by Crippen LogP contribution is 2.55. The quantitative estimate of drug-likeness (QED) is 0.644. The molecule has 6 rings (SSSR count). The smallest absolute Gasteiger partial charge is 0.323 e. The molecule has 11 heteroatoms. The molecular weight excluding hydrogens is 452 g/mol. The molecular formula is C23H26F4N6O. The lowest BCUT2D eigenvalue weighted by Gasteiger charge is -2.59. The molecule has 0 radical (unpaired) electrons. The Kier molecular flexibility index (Phi) is 4.91. The van der Waals surface area contributed by atoms with Gasteiger partial charge in [-0.3, -0.25) is 5.10 Å². The lowest BCUT2D eigenvalue weighted by atomic mass is 9.57. The maximum Gasteiger partial charge on any atom is 0.416 e. The topological polar surface area (TPSA) is 77.2 Å². The van der Waals surface area contributed by atoms with Gasteiger partial charge in [0.1, 0.15) is 11.6 Å². The van der Waals surface area contributed by atoms with E-state index >= 15 is 0 Å². The summed E-state index contributed by atoms with van der Waals surface area (Å²) in [6.45, 7) is 2.40. The molecule has 0 unspecified atom stereocenters. The number of hydrogen-bond donors (Lipinski definition) is 2. The highest BCUT2D eigenvalue weighted by Gasteiger charge is 2.56. The van der Waals surface area contributed by atoms with Gasteiger partial charge in [-0.25, -0.2) is 14.2 Å². The average Bonchev–Trinajstić information content (AvgIpc) is 3.43. The molecule has 4 aliphatic rings. The Morgan fingerprint density at radius 1 is 1.15 bits per heavy atom. The summed E-state index contributed by atoms with van der Waals surface area (Å²) < 4.78 is 52.5. The van der Waals surface area contributed by atoms with Crippen LogP contribution in [0.2, 0.25) is 0 Å². The molecule has 2 saturated carbocycles. The van der Waals surface area contributed by atoms with E-state index in [9.17, 15) is 22.4 Å². The van der Waals surface area contributed by atoms with Gasteiger partial charge >= 0.3 is 12.2 Å². The molecule has 1 aromatic heterocycles. The number of urea groups is 1. The van der Waals surface area contributed by atoms with E-state index in [1.165, 1.54) is 12.8 Å². The Bertz CT molecular complexity index is 1090. The number of nitrogens with one attached hydrogen (secondary N) is 2. The first kappa shape index (κ1) is 21.8. The molecule has 1 aromatic carbocycles. The number of amides is 2. The Morgan fingerprint density at radius 3 is 2.56 bits per heavy atom. The van der Waals surface area contributed by atoms with Crippen LogP contribution >= 0.6 is 0 Å². The van der Waals surface area contributed by atoms with Gasteiger partial charge in [0, 0.05) is 61.6 Å². The monoisotopic (exact) mass is 478 g/mol. The van der Waals surface area contributed by atoms with E-state index in [2.05, 4.69) is 20.5 Å². The first-order valence-electron chi connectivity index (χ1n) is 11.7. The van der Waals surface area contributed by atoms with Crippen LogP contribution in [0.25, 0.3) is 0 Å². The highest BCUT2D eigenvalue weighted by atomic mass is 19.4. The van der Waals surface area contributed by atoms with Crippen LogP contribution in [-0.2, 0) is 12.7 Å². The summed E-state index contributed by atoms with van der Waals surface area (Å²) in [4.78, 5) is 20.9. The van der Waals surface area contributed by atoms with Crippen LogP contribution in [0.5, 0.6) is 0 Å². The van der Waals surface area contributed by atoms with Crippen molar-refractivity contribution in [2.75, 3.05) is 26.2 Å². The van der Waals surface area contributed by atoms with Crippen LogP contribution in [0.15, 0.2) is 18.2 Å². The summed E-state index contributed by atoms with van der Waals surface area (Å²) in [5, 5.41) is 10.5. The fourth-order valence-electron chi connectivity index (χ4n) is 5.44. The lowest BCUT2D eigenvalue weighted by molar-refractivity contribution is -0.137. The van der Waals surface area contributed by atoms with Gasteiger partial charge in [0.05, 0.1) is 5.56 Å². The van der Waals surface area contributed by atoms with Crippen LogP contribution in [-0.4, -0.2) is 63.2 Å². The van der Waals surface area contributed by atoms with Crippen LogP contribution in [0.3, 0.4) is 0 Å². The largest absolute Gasteiger partial charge is 0.416 e. The minimum absolute atomic E-state index is 0.00807. The zero-order valence-corrected chi connectivity index (χ0v) is 18.5. The average molecular weight is 478 g/mol. The lowest BCUT2D eigenvalue weighted by Crippen LogP contribution is -2.69. The summed E-state index contributed by atoms with van der Waals surface area (Å²) in [6.07, 6.45) is -0.118. The Balaban J connectivity index is 0.934. The number of aromatic nitrogens is 3. The normalized spacial score (nSPS) is 22.5. The molecule has 3 heterocycles. The van der Waals surface area contributed by atoms with E-state index in [1.54, 1.807) is 4.90 Å². The minimum Gasteiger partial charge on any atom is -0.323 e. The van der Waals surface area contributed by atoms with Crippen LogP contribution in [0.4, 0.5) is 22.4 Å². The van der Waals surface area contributed by atoms with Crippen molar-refractivity contribution in [1.82, 2.24) is 30.3 Å². The first-order chi connectivity index (χ1) is 16.2. The summed E-state index contributed by atoms with van der Waals surface area (Å²) >= 11 is 0. The number of likely N-dealkylation sites (tertiary alicyclic amines) is 2. The molecule has 2 aliphatic heterocycles. The number of nitrogens with zero attached hydrogens (tertiary/aromatic N) is 4. The molecule has 7 nitrogen and oxygen atoms in total. The highest BCUT2D eigenvalue weighted by molar-refractivity contribution is 5.76. The Hall–Kier alpha value is -2.69. The predicted octanol–water partition coefficient (Wildman–Crippen LogP) is 3.61. The van der Waals surface area contributed by atoms with E-state index < -0.39 is 17.6 Å². The van der Waals surface area contributed by atoms with Gasteiger partial charge in [0.25, 0.3) is 0 Å². The van der Waals surface area contributed by atoms with Crippen molar-refractivity contribution in [2.45, 2.75) is 56.3 Å². The number of carbonyl (C=O) groups excluding carboxylic acids is 1. The number of hydrogen-bond acceptors (Lipinski definition) is 4. The molecule has 2 aliphatic carbocycles. The van der Waals surface area contributed by atoms with Crippen molar-refractivity contribution in [2.24, 2.45) is 5.41 Å². The summed E-state index contributed by atoms with van der Waals surface area (Å²) in [5.41, 5.74) is -0.712. The van der Waals surface area contributed by atoms with E-state index in [0.29, 0.717) is 24.9 Å². The van der Waals surface area contributed by atoms with Crippen molar-refractivity contribution >= 4 is 6.03 Å². The van der Waals surface area contributed by atoms with Gasteiger partial charge in [-0.1, -0.05) is 0 Å².